The van der Waals surface area contributed by atoms with E-state index in [1.165, 1.54) is 35.2 Å². The van der Waals surface area contributed by atoms with E-state index in [2.05, 4.69) is 58.1 Å². The number of aryl methyl sites for hydroxylation is 1. The molecule has 5 rings (SSSR count). The number of benzene rings is 1. The van der Waals surface area contributed by atoms with E-state index in [1.54, 1.807) is 11.3 Å². The number of hydrogen-bond donors (Lipinski definition) is 3. The van der Waals surface area contributed by atoms with Gasteiger partial charge in [0.25, 0.3) is 5.91 Å². The Bertz CT molecular complexity index is 1150. The molecule has 0 unspecified atom stereocenters. The van der Waals surface area contributed by atoms with E-state index in [9.17, 15) is 4.79 Å². The van der Waals surface area contributed by atoms with Gasteiger partial charge in [-0.3, -0.25) is 4.79 Å². The number of carbonyl (C=O) groups excluding carboxylic acids is 1. The number of H-pyrrole nitrogens is 1. The summed E-state index contributed by atoms with van der Waals surface area (Å²) in [5.74, 6) is 0.472. The van der Waals surface area contributed by atoms with Gasteiger partial charge in [-0.05, 0) is 79.3 Å². The van der Waals surface area contributed by atoms with Crippen LogP contribution in [0.25, 0.3) is 6.08 Å². The van der Waals surface area contributed by atoms with Crippen molar-refractivity contribution in [2.24, 2.45) is 5.10 Å². The number of carbonyl (C=O) groups is 1. The molecule has 0 spiro atoms. The first-order valence-corrected chi connectivity index (χ1v) is 12.2. The third-order valence-corrected chi connectivity index (χ3v) is 7.02. The van der Waals surface area contributed by atoms with Crippen molar-refractivity contribution in [2.75, 3.05) is 6.54 Å². The van der Waals surface area contributed by atoms with Crippen molar-refractivity contribution in [1.29, 1.82) is 0 Å². The molecule has 2 aromatic heterocycles. The van der Waals surface area contributed by atoms with Crippen molar-refractivity contribution in [1.82, 2.24) is 15.7 Å². The van der Waals surface area contributed by atoms with Crippen molar-refractivity contribution < 1.29 is 4.79 Å². The number of nitrogens with one attached hydrogen (secondary N) is 3. The molecule has 1 fully saturated rings. The predicted molar refractivity (Wildman–Crippen MR) is 131 cm³/mol. The van der Waals surface area contributed by atoms with E-state index in [4.69, 9.17) is 0 Å². The first-order chi connectivity index (χ1) is 15.7. The minimum Gasteiger partial charge on any atom is -0.359 e. The number of thiophene rings is 1. The Morgan fingerprint density at radius 3 is 2.78 bits per heavy atom. The maximum absolute atomic E-state index is 12.5. The number of nitrogens with zero attached hydrogens (tertiary/aromatic N) is 1. The molecule has 32 heavy (non-hydrogen) atoms. The molecule has 1 amide bonds. The lowest BCUT2D eigenvalue weighted by Crippen LogP contribution is -2.15. The second-order valence-electron chi connectivity index (χ2n) is 8.53. The highest BCUT2D eigenvalue weighted by molar-refractivity contribution is 7.12. The standard InChI is InChI=1S/C26H28N4OS/c1-17-20(9-5-13-27-16-18-7-3-2-4-8-18)24(19-11-12-19)22(28-17)15-21-25(29-30-26(21)31)23-10-6-14-32-23/h2-4,6-8,10,14-15,19,27-28H,5,9,11-13,16H2,1H3,(H,30,31)/b21-15+. The Labute approximate surface area is 192 Å². The van der Waals surface area contributed by atoms with Gasteiger partial charge in [0.15, 0.2) is 0 Å². The quantitative estimate of drug-likeness (QED) is 0.324. The van der Waals surface area contributed by atoms with Gasteiger partial charge in [-0.25, -0.2) is 5.43 Å². The summed E-state index contributed by atoms with van der Waals surface area (Å²) in [5, 5.41) is 9.86. The predicted octanol–water partition coefficient (Wildman–Crippen LogP) is 4.90. The molecular weight excluding hydrogens is 416 g/mol. The van der Waals surface area contributed by atoms with E-state index in [0.29, 0.717) is 11.5 Å². The summed E-state index contributed by atoms with van der Waals surface area (Å²) >= 11 is 1.60. The largest absolute Gasteiger partial charge is 0.359 e. The molecule has 2 aliphatic rings. The summed E-state index contributed by atoms with van der Waals surface area (Å²) in [6.07, 6.45) is 6.59. The van der Waals surface area contributed by atoms with Gasteiger partial charge in [-0.2, -0.15) is 5.10 Å². The molecule has 6 heteroatoms. The summed E-state index contributed by atoms with van der Waals surface area (Å²) in [7, 11) is 0. The van der Waals surface area contributed by atoms with Crippen LogP contribution in [-0.4, -0.2) is 23.1 Å². The highest BCUT2D eigenvalue weighted by Crippen LogP contribution is 2.45. The molecule has 1 saturated carbocycles. The maximum Gasteiger partial charge on any atom is 0.273 e. The Hall–Kier alpha value is -2.96. The molecular formula is C26H28N4OS. The van der Waals surface area contributed by atoms with Crippen molar-refractivity contribution in [2.45, 2.75) is 45.1 Å². The Morgan fingerprint density at radius 2 is 2.03 bits per heavy atom. The Kier molecular flexibility index (Phi) is 6.06. The Balaban J connectivity index is 1.31. The van der Waals surface area contributed by atoms with Crippen molar-refractivity contribution >= 4 is 29.0 Å². The van der Waals surface area contributed by atoms with Crippen LogP contribution in [0.15, 0.2) is 58.5 Å². The van der Waals surface area contributed by atoms with Crippen molar-refractivity contribution in [3.05, 3.63) is 86.4 Å². The second-order valence-corrected chi connectivity index (χ2v) is 9.48. The third kappa shape index (κ3) is 4.47. The fraction of sp³-hybridized carbons (Fsp3) is 0.308. The fourth-order valence-electron chi connectivity index (χ4n) is 4.42. The molecule has 3 N–H and O–H groups in total. The smallest absolute Gasteiger partial charge is 0.273 e. The van der Waals surface area contributed by atoms with Gasteiger partial charge in [0, 0.05) is 17.9 Å². The van der Waals surface area contributed by atoms with E-state index < -0.39 is 0 Å². The second kappa shape index (κ2) is 9.27. The minimum atomic E-state index is -0.130. The number of rotatable bonds is 9. The average molecular weight is 445 g/mol. The first-order valence-electron chi connectivity index (χ1n) is 11.3. The van der Waals surface area contributed by atoms with Crippen LogP contribution in [0.5, 0.6) is 0 Å². The molecule has 0 bridgehead atoms. The summed E-state index contributed by atoms with van der Waals surface area (Å²) < 4.78 is 0. The highest BCUT2D eigenvalue weighted by Gasteiger charge is 2.32. The zero-order chi connectivity index (χ0) is 21.9. The number of aromatic amines is 1. The molecule has 0 atom stereocenters. The zero-order valence-corrected chi connectivity index (χ0v) is 19.1. The van der Waals surface area contributed by atoms with Gasteiger partial charge in [0.1, 0.15) is 5.71 Å². The fourth-order valence-corrected chi connectivity index (χ4v) is 5.14. The van der Waals surface area contributed by atoms with E-state index in [-0.39, 0.29) is 5.91 Å². The first kappa shape index (κ1) is 20.9. The molecule has 3 aromatic rings. The molecule has 3 heterocycles. The molecule has 164 valence electrons. The van der Waals surface area contributed by atoms with E-state index in [0.717, 1.165) is 42.2 Å². The highest BCUT2D eigenvalue weighted by atomic mass is 32.1. The minimum absolute atomic E-state index is 0.130. The summed E-state index contributed by atoms with van der Waals surface area (Å²) in [5.41, 5.74) is 10.5. The van der Waals surface area contributed by atoms with Gasteiger partial charge in [-0.1, -0.05) is 36.4 Å². The van der Waals surface area contributed by atoms with Crippen molar-refractivity contribution in [3.63, 3.8) is 0 Å². The SMILES string of the molecule is Cc1[nH]c(/C=C2/C(=O)NN=C2c2cccs2)c(C2CC2)c1CCCNCc1ccccc1. The number of amides is 1. The van der Waals surface area contributed by atoms with Gasteiger partial charge >= 0.3 is 0 Å². The van der Waals surface area contributed by atoms with Crippen LogP contribution in [0.2, 0.25) is 0 Å². The molecule has 0 radical (unpaired) electrons. The van der Waals surface area contributed by atoms with Crippen molar-refractivity contribution in [3.8, 4) is 0 Å². The van der Waals surface area contributed by atoms with Crippen LogP contribution >= 0.6 is 11.3 Å². The van der Waals surface area contributed by atoms with Gasteiger partial charge in [0.05, 0.1) is 10.5 Å². The number of aromatic nitrogens is 1. The lowest BCUT2D eigenvalue weighted by molar-refractivity contribution is -0.116. The van der Waals surface area contributed by atoms with E-state index >= 15 is 0 Å². The monoisotopic (exact) mass is 444 g/mol. The maximum atomic E-state index is 12.5. The third-order valence-electron chi connectivity index (χ3n) is 6.14. The van der Waals surface area contributed by atoms with Crippen LogP contribution in [-0.2, 0) is 17.8 Å². The van der Waals surface area contributed by atoms with Crippen LogP contribution in [0.3, 0.4) is 0 Å². The van der Waals surface area contributed by atoms with Gasteiger partial charge in [0.2, 0.25) is 0 Å². The zero-order valence-electron chi connectivity index (χ0n) is 18.3. The van der Waals surface area contributed by atoms with Gasteiger partial charge < -0.3 is 10.3 Å². The lowest BCUT2D eigenvalue weighted by atomic mass is 9.98. The van der Waals surface area contributed by atoms with Crippen LogP contribution < -0.4 is 10.7 Å². The Morgan fingerprint density at radius 1 is 1.19 bits per heavy atom. The molecule has 0 saturated heterocycles. The van der Waals surface area contributed by atoms with Gasteiger partial charge in [-0.15, -0.1) is 11.3 Å². The summed E-state index contributed by atoms with van der Waals surface area (Å²) in [6, 6.07) is 14.5. The molecule has 5 nitrogen and oxygen atoms in total. The van der Waals surface area contributed by atoms with Crippen LogP contribution in [0.4, 0.5) is 0 Å². The van der Waals surface area contributed by atoms with Crippen LogP contribution in [0.1, 0.15) is 58.1 Å². The number of hydrazone groups is 1. The molecule has 1 aliphatic carbocycles. The summed E-state index contributed by atoms with van der Waals surface area (Å²) in [6.45, 7) is 4.04. The normalized spacial score (nSPS) is 17.1. The molecule has 1 aliphatic heterocycles. The topological polar surface area (TPSA) is 69.3 Å². The number of hydrogen-bond acceptors (Lipinski definition) is 4. The van der Waals surface area contributed by atoms with Crippen LogP contribution in [0, 0.1) is 6.92 Å². The lowest BCUT2D eigenvalue weighted by Gasteiger charge is -2.08. The average Bonchev–Trinajstić information content (AvgIpc) is 3.21. The summed E-state index contributed by atoms with van der Waals surface area (Å²) in [4.78, 5) is 17.1. The molecule has 1 aromatic carbocycles. The van der Waals surface area contributed by atoms with E-state index in [1.807, 2.05) is 23.6 Å².